The van der Waals surface area contributed by atoms with Gasteiger partial charge in [-0.25, -0.2) is 0 Å². The van der Waals surface area contributed by atoms with Gasteiger partial charge in [-0.05, 0) is 77.0 Å². The summed E-state index contributed by atoms with van der Waals surface area (Å²) in [5.74, 6) is -0.885. The third kappa shape index (κ3) is 57.5. The Kier molecular flexibility index (Phi) is 57.3. The lowest BCUT2D eigenvalue weighted by Gasteiger charge is -2.18. The minimum atomic E-state index is -0.773. The summed E-state index contributed by atoms with van der Waals surface area (Å²) in [6, 6.07) is 0. The van der Waals surface area contributed by atoms with Gasteiger partial charge in [-0.1, -0.05) is 286 Å². The fourth-order valence-corrected chi connectivity index (χ4v) is 8.60. The molecule has 6 heteroatoms. The third-order valence-corrected chi connectivity index (χ3v) is 13.2. The Balaban J connectivity index is 4.05. The lowest BCUT2D eigenvalue weighted by atomic mass is 10.0. The Bertz CT molecular complexity index is 1380. The van der Waals surface area contributed by atoms with E-state index in [9.17, 15) is 14.4 Å². The summed E-state index contributed by atoms with van der Waals surface area (Å²) in [5, 5.41) is 0. The van der Waals surface area contributed by atoms with Gasteiger partial charge in [0.15, 0.2) is 6.10 Å². The summed E-state index contributed by atoms with van der Waals surface area (Å²) in [6.07, 6.45) is 79.2. The Hall–Kier alpha value is -3.41. The van der Waals surface area contributed by atoms with Gasteiger partial charge >= 0.3 is 17.9 Å². The largest absolute Gasteiger partial charge is 0.462 e. The maximum absolute atomic E-state index is 12.8. The van der Waals surface area contributed by atoms with Gasteiger partial charge in [0.25, 0.3) is 0 Å². The van der Waals surface area contributed by atoms with E-state index in [-0.39, 0.29) is 31.1 Å². The Morgan fingerprint density at radius 1 is 0.292 bits per heavy atom. The molecule has 0 saturated carbocycles. The molecule has 0 radical (unpaired) electrons. The average molecular weight is 1000 g/mol. The first-order chi connectivity index (χ1) is 35.5. The third-order valence-electron chi connectivity index (χ3n) is 13.2. The minimum absolute atomic E-state index is 0.0757. The molecule has 0 aromatic rings. The van der Waals surface area contributed by atoms with E-state index in [0.717, 1.165) is 116 Å². The molecule has 1 atom stereocenters. The van der Waals surface area contributed by atoms with Crippen LogP contribution < -0.4 is 0 Å². The van der Waals surface area contributed by atoms with E-state index >= 15 is 0 Å². The molecule has 1 unspecified atom stereocenters. The fraction of sp³-hybridized carbons (Fsp3) is 0.742. The van der Waals surface area contributed by atoms with E-state index in [4.69, 9.17) is 14.2 Å². The maximum Gasteiger partial charge on any atom is 0.306 e. The van der Waals surface area contributed by atoms with Gasteiger partial charge in [0.2, 0.25) is 0 Å². The normalized spacial score (nSPS) is 12.7. The van der Waals surface area contributed by atoms with Gasteiger partial charge in [0.05, 0.1) is 0 Å². The average Bonchev–Trinajstić information content (AvgIpc) is 3.38. The van der Waals surface area contributed by atoms with Gasteiger partial charge < -0.3 is 14.2 Å². The maximum atomic E-state index is 12.8. The Morgan fingerprint density at radius 2 is 0.542 bits per heavy atom. The van der Waals surface area contributed by atoms with Crippen molar-refractivity contribution in [3.8, 4) is 0 Å². The van der Waals surface area contributed by atoms with Crippen molar-refractivity contribution in [3.05, 3.63) is 85.1 Å². The summed E-state index contributed by atoms with van der Waals surface area (Å²) < 4.78 is 16.7. The van der Waals surface area contributed by atoms with E-state index < -0.39 is 6.10 Å². The van der Waals surface area contributed by atoms with Crippen LogP contribution in [0.2, 0.25) is 0 Å². The molecular formula is C66H114O6. The van der Waals surface area contributed by atoms with Crippen molar-refractivity contribution in [2.24, 2.45) is 0 Å². The lowest BCUT2D eigenvalue weighted by Crippen LogP contribution is -2.30. The molecular weight excluding hydrogens is 889 g/mol. The highest BCUT2D eigenvalue weighted by molar-refractivity contribution is 5.71. The molecule has 0 fully saturated rings. The number of carbonyl (C=O) groups is 3. The number of ether oxygens (including phenoxy) is 3. The number of carbonyl (C=O) groups excluding carboxylic acids is 3. The van der Waals surface area contributed by atoms with Crippen molar-refractivity contribution in [1.29, 1.82) is 0 Å². The molecule has 0 rings (SSSR count). The first-order valence-electron chi connectivity index (χ1n) is 30.6. The van der Waals surface area contributed by atoms with E-state index in [1.807, 2.05) is 0 Å². The van der Waals surface area contributed by atoms with Crippen LogP contribution in [0.3, 0.4) is 0 Å². The zero-order valence-corrected chi connectivity index (χ0v) is 47.4. The second-order valence-electron chi connectivity index (χ2n) is 20.2. The number of unbranched alkanes of at least 4 members (excludes halogenated alkanes) is 30. The number of hydrogen-bond acceptors (Lipinski definition) is 6. The molecule has 0 amide bonds. The van der Waals surface area contributed by atoms with E-state index in [0.29, 0.717) is 19.3 Å². The Labute approximate surface area is 445 Å². The monoisotopic (exact) mass is 1000 g/mol. The van der Waals surface area contributed by atoms with Gasteiger partial charge in [0, 0.05) is 19.3 Å². The molecule has 0 aromatic carbocycles. The highest BCUT2D eigenvalue weighted by atomic mass is 16.6. The van der Waals surface area contributed by atoms with Crippen LogP contribution in [0.1, 0.15) is 297 Å². The summed E-state index contributed by atoms with van der Waals surface area (Å²) in [4.78, 5) is 37.8. The molecule has 414 valence electrons. The predicted molar refractivity (Wildman–Crippen MR) is 311 cm³/mol. The molecule has 0 spiro atoms. The van der Waals surface area contributed by atoms with E-state index in [2.05, 4.69) is 106 Å². The van der Waals surface area contributed by atoms with Crippen LogP contribution in [0.25, 0.3) is 0 Å². The molecule has 0 aliphatic rings. The van der Waals surface area contributed by atoms with Crippen molar-refractivity contribution >= 4 is 17.9 Å². The summed E-state index contributed by atoms with van der Waals surface area (Å²) in [5.41, 5.74) is 0. The number of rotatable bonds is 55. The van der Waals surface area contributed by atoms with E-state index in [1.54, 1.807) is 0 Å². The van der Waals surface area contributed by atoms with Gasteiger partial charge in [-0.2, -0.15) is 0 Å². The van der Waals surface area contributed by atoms with Gasteiger partial charge in [0.1, 0.15) is 13.2 Å². The molecule has 0 saturated heterocycles. The van der Waals surface area contributed by atoms with Crippen LogP contribution in [0, 0.1) is 0 Å². The molecule has 6 nitrogen and oxygen atoms in total. The highest BCUT2D eigenvalue weighted by Gasteiger charge is 2.19. The summed E-state index contributed by atoms with van der Waals surface area (Å²) >= 11 is 0. The fourth-order valence-electron chi connectivity index (χ4n) is 8.60. The second kappa shape index (κ2) is 60.1. The molecule has 0 aliphatic carbocycles. The van der Waals surface area contributed by atoms with E-state index in [1.165, 1.54) is 141 Å². The van der Waals surface area contributed by atoms with Crippen molar-refractivity contribution < 1.29 is 28.6 Å². The molecule has 0 heterocycles. The van der Waals surface area contributed by atoms with Crippen LogP contribution in [-0.2, 0) is 28.6 Å². The summed E-state index contributed by atoms with van der Waals surface area (Å²) in [6.45, 7) is 6.46. The number of hydrogen-bond donors (Lipinski definition) is 0. The van der Waals surface area contributed by atoms with Crippen molar-refractivity contribution in [1.82, 2.24) is 0 Å². The molecule has 72 heavy (non-hydrogen) atoms. The predicted octanol–water partition coefficient (Wildman–Crippen LogP) is 20.7. The zero-order valence-electron chi connectivity index (χ0n) is 47.4. The van der Waals surface area contributed by atoms with Crippen LogP contribution in [0.15, 0.2) is 85.1 Å². The van der Waals surface area contributed by atoms with Crippen LogP contribution >= 0.6 is 0 Å². The van der Waals surface area contributed by atoms with Crippen LogP contribution in [0.5, 0.6) is 0 Å². The highest BCUT2D eigenvalue weighted by Crippen LogP contribution is 2.16. The first-order valence-corrected chi connectivity index (χ1v) is 30.6. The minimum Gasteiger partial charge on any atom is -0.462 e. The molecule has 0 aliphatic heterocycles. The van der Waals surface area contributed by atoms with Crippen LogP contribution in [-0.4, -0.2) is 37.2 Å². The van der Waals surface area contributed by atoms with Crippen molar-refractivity contribution in [3.63, 3.8) is 0 Å². The van der Waals surface area contributed by atoms with Crippen LogP contribution in [0.4, 0.5) is 0 Å². The quantitative estimate of drug-likeness (QED) is 0.0261. The van der Waals surface area contributed by atoms with Crippen molar-refractivity contribution in [2.45, 2.75) is 303 Å². The van der Waals surface area contributed by atoms with Gasteiger partial charge in [-0.3, -0.25) is 14.4 Å². The SMILES string of the molecule is CC/C=C\C/C=C\C/C=C\C/C=C\C/C=C\C/C=C\C/C=C\CCCCCCCCCCCC(=O)OCC(COC(=O)CCCCCCC)OC(=O)CCCCCCCCCCCCCCCCCCCC. The molecule has 0 N–H and O–H groups in total. The topological polar surface area (TPSA) is 78.9 Å². The molecule has 0 bridgehead atoms. The molecule has 0 aromatic heterocycles. The zero-order chi connectivity index (χ0) is 52.2. The number of allylic oxidation sites excluding steroid dienone is 14. The first kappa shape index (κ1) is 68.6. The lowest BCUT2D eigenvalue weighted by molar-refractivity contribution is -0.167. The Morgan fingerprint density at radius 3 is 0.847 bits per heavy atom. The van der Waals surface area contributed by atoms with Crippen molar-refractivity contribution in [2.75, 3.05) is 13.2 Å². The smallest absolute Gasteiger partial charge is 0.306 e. The standard InChI is InChI=1S/C66H114O6/c1-4-7-10-13-15-17-19-21-23-25-27-28-29-30-31-32-33-34-35-36-37-38-39-41-42-44-46-48-50-53-56-59-65(68)71-62-63(61-70-64(67)58-55-52-12-9-6-3)72-66(69)60-57-54-51-49-47-45-43-40-26-24-22-20-18-16-14-11-8-5-2/h7,10,15,17,21,23,27-28,30-31,33-34,36-37,63H,4-6,8-9,11-14,16,18-20,22,24-26,29,32,35,38-62H2,1-3H3/b10-7-,17-15-,23-21-,28-27-,31-30-,34-33-,37-36-. The second-order valence-corrected chi connectivity index (χ2v) is 20.2. The van der Waals surface area contributed by atoms with Gasteiger partial charge in [-0.15, -0.1) is 0 Å². The number of esters is 3. The summed E-state index contributed by atoms with van der Waals surface area (Å²) in [7, 11) is 0.